The van der Waals surface area contributed by atoms with Gasteiger partial charge in [-0.2, -0.15) is 5.10 Å². The molecule has 3 aromatic rings. The number of aryl methyl sites for hydroxylation is 1. The summed E-state index contributed by atoms with van der Waals surface area (Å²) in [5.41, 5.74) is 0.869. The van der Waals surface area contributed by atoms with Crippen molar-refractivity contribution in [2.24, 2.45) is 0 Å². The average molecular weight is 350 g/mol. The minimum Gasteiger partial charge on any atom is -0.435 e. The number of aromatic nitrogens is 2. The Hall–Kier alpha value is -1.65. The molecule has 0 saturated carbocycles. The molecule has 0 aliphatic heterocycles. The molecule has 3 nitrogen and oxygen atoms in total. The van der Waals surface area contributed by atoms with E-state index in [9.17, 15) is 0 Å². The number of benzene rings is 2. The quantitative estimate of drug-likeness (QED) is 0.642. The van der Waals surface area contributed by atoms with Gasteiger partial charge in [0.25, 0.3) is 0 Å². The molecular formula is C15H10BrClN2O. The second kappa shape index (κ2) is 5.38. The fraction of sp³-hybridized carbons (Fsp3) is 0.0667. The highest BCUT2D eigenvalue weighted by Crippen LogP contribution is 2.34. The maximum absolute atomic E-state index is 6.13. The maximum atomic E-state index is 6.13. The molecule has 0 spiro atoms. The summed E-state index contributed by atoms with van der Waals surface area (Å²) < 4.78 is 6.71. The molecule has 0 N–H and O–H groups in total. The first kappa shape index (κ1) is 13.3. The van der Waals surface area contributed by atoms with E-state index in [0.29, 0.717) is 16.7 Å². The van der Waals surface area contributed by atoms with Crippen LogP contribution < -0.4 is 4.74 Å². The monoisotopic (exact) mass is 348 g/mol. The third-order valence-electron chi connectivity index (χ3n) is 2.94. The Morgan fingerprint density at radius 3 is 2.60 bits per heavy atom. The molecule has 0 aliphatic rings. The lowest BCUT2D eigenvalue weighted by molar-refractivity contribution is 0.461. The molecular weight excluding hydrogens is 340 g/mol. The van der Waals surface area contributed by atoms with Crippen molar-refractivity contribution in [3.05, 3.63) is 57.7 Å². The van der Waals surface area contributed by atoms with Gasteiger partial charge in [0.15, 0.2) is 0 Å². The molecule has 0 fully saturated rings. The van der Waals surface area contributed by atoms with Crippen molar-refractivity contribution in [2.45, 2.75) is 6.92 Å². The lowest BCUT2D eigenvalue weighted by atomic mass is 10.1. The van der Waals surface area contributed by atoms with Crippen LogP contribution in [0.5, 0.6) is 11.6 Å². The van der Waals surface area contributed by atoms with Gasteiger partial charge in [-0.1, -0.05) is 45.7 Å². The van der Waals surface area contributed by atoms with Crippen LogP contribution in [-0.2, 0) is 0 Å². The van der Waals surface area contributed by atoms with Crippen molar-refractivity contribution >= 4 is 38.3 Å². The molecule has 0 bridgehead atoms. The van der Waals surface area contributed by atoms with Crippen molar-refractivity contribution in [2.75, 3.05) is 0 Å². The van der Waals surface area contributed by atoms with Gasteiger partial charge in [-0.25, -0.2) is 0 Å². The molecule has 0 unspecified atom stereocenters. The molecule has 1 heterocycles. The van der Waals surface area contributed by atoms with E-state index in [2.05, 4.69) is 26.1 Å². The van der Waals surface area contributed by atoms with Crippen LogP contribution in [0, 0.1) is 6.92 Å². The van der Waals surface area contributed by atoms with Gasteiger partial charge in [0, 0.05) is 15.2 Å². The van der Waals surface area contributed by atoms with Gasteiger partial charge in [0.2, 0.25) is 5.88 Å². The molecule has 3 rings (SSSR count). The second-order valence-electron chi connectivity index (χ2n) is 4.31. The van der Waals surface area contributed by atoms with Crippen LogP contribution in [0.1, 0.15) is 5.69 Å². The molecule has 2 aromatic carbocycles. The van der Waals surface area contributed by atoms with Crippen LogP contribution in [0.2, 0.25) is 5.02 Å². The van der Waals surface area contributed by atoms with Crippen molar-refractivity contribution < 1.29 is 4.74 Å². The fourth-order valence-corrected chi connectivity index (χ4v) is 2.44. The van der Waals surface area contributed by atoms with Crippen molar-refractivity contribution in [3.63, 3.8) is 0 Å². The van der Waals surface area contributed by atoms with Gasteiger partial charge in [0.05, 0.1) is 10.7 Å². The summed E-state index contributed by atoms with van der Waals surface area (Å²) in [6.07, 6.45) is 0. The van der Waals surface area contributed by atoms with Gasteiger partial charge in [-0.05, 0) is 31.2 Å². The Balaban J connectivity index is 2.11. The Bertz CT molecular complexity index is 792. The third kappa shape index (κ3) is 2.49. The minimum atomic E-state index is 0.450. The minimum absolute atomic E-state index is 0.450. The molecule has 20 heavy (non-hydrogen) atoms. The van der Waals surface area contributed by atoms with Crippen LogP contribution in [0.25, 0.3) is 10.8 Å². The summed E-state index contributed by atoms with van der Waals surface area (Å²) in [4.78, 5) is 0. The number of halogens is 2. The van der Waals surface area contributed by atoms with E-state index >= 15 is 0 Å². The molecule has 1 aromatic heterocycles. The Morgan fingerprint density at radius 2 is 1.80 bits per heavy atom. The van der Waals surface area contributed by atoms with Gasteiger partial charge in [0.1, 0.15) is 5.75 Å². The average Bonchev–Trinajstić information content (AvgIpc) is 2.46. The van der Waals surface area contributed by atoms with E-state index in [1.807, 2.05) is 37.3 Å². The molecule has 0 atom stereocenters. The van der Waals surface area contributed by atoms with E-state index in [-0.39, 0.29) is 0 Å². The van der Waals surface area contributed by atoms with Gasteiger partial charge < -0.3 is 4.74 Å². The van der Waals surface area contributed by atoms with Crippen LogP contribution in [0.4, 0.5) is 0 Å². The van der Waals surface area contributed by atoms with E-state index < -0.39 is 0 Å². The van der Waals surface area contributed by atoms with E-state index in [0.717, 1.165) is 20.9 Å². The van der Waals surface area contributed by atoms with Crippen LogP contribution in [0.3, 0.4) is 0 Å². The van der Waals surface area contributed by atoms with E-state index in [4.69, 9.17) is 16.3 Å². The maximum Gasteiger partial charge on any atom is 0.246 e. The van der Waals surface area contributed by atoms with E-state index in [1.54, 1.807) is 12.1 Å². The Kier molecular flexibility index (Phi) is 3.59. The van der Waals surface area contributed by atoms with Crippen molar-refractivity contribution in [1.29, 1.82) is 0 Å². The lowest BCUT2D eigenvalue weighted by Gasteiger charge is -2.10. The summed E-state index contributed by atoms with van der Waals surface area (Å²) in [6, 6.07) is 13.3. The first-order valence-corrected chi connectivity index (χ1v) is 7.17. The molecule has 0 amide bonds. The predicted octanol–water partition coefficient (Wildman–Crippen LogP) is 5.15. The molecule has 5 heteroatoms. The van der Waals surface area contributed by atoms with Crippen LogP contribution in [-0.4, -0.2) is 10.2 Å². The summed E-state index contributed by atoms with van der Waals surface area (Å²) in [7, 11) is 0. The SMILES string of the molecule is Cc1nnc(Oc2cc(Br)ccc2Cl)c2ccccc12. The highest BCUT2D eigenvalue weighted by atomic mass is 79.9. The zero-order valence-electron chi connectivity index (χ0n) is 10.6. The number of hydrogen-bond acceptors (Lipinski definition) is 3. The predicted molar refractivity (Wildman–Crippen MR) is 83.5 cm³/mol. The number of fused-ring (bicyclic) bond motifs is 1. The van der Waals surface area contributed by atoms with Crippen LogP contribution >= 0.6 is 27.5 Å². The standard InChI is InChI=1S/C15H10BrClN2O/c1-9-11-4-2-3-5-12(11)15(19-18-9)20-14-8-10(16)6-7-13(14)17/h2-8H,1H3. The van der Waals surface area contributed by atoms with Gasteiger partial charge >= 0.3 is 0 Å². The second-order valence-corrected chi connectivity index (χ2v) is 5.64. The normalized spacial score (nSPS) is 10.8. The van der Waals surface area contributed by atoms with E-state index in [1.165, 1.54) is 0 Å². The van der Waals surface area contributed by atoms with Crippen molar-refractivity contribution in [1.82, 2.24) is 10.2 Å². The van der Waals surface area contributed by atoms with Gasteiger partial charge in [-0.3, -0.25) is 0 Å². The molecule has 0 aliphatic carbocycles. The molecule has 0 saturated heterocycles. The lowest BCUT2D eigenvalue weighted by Crippen LogP contribution is -1.95. The zero-order chi connectivity index (χ0) is 14.1. The summed E-state index contributed by atoms with van der Waals surface area (Å²) in [6.45, 7) is 1.92. The summed E-state index contributed by atoms with van der Waals surface area (Å²) in [5, 5.41) is 10.7. The topological polar surface area (TPSA) is 35.0 Å². The Morgan fingerprint density at radius 1 is 1.05 bits per heavy atom. The Labute approximate surface area is 129 Å². The first-order valence-electron chi connectivity index (χ1n) is 6.00. The van der Waals surface area contributed by atoms with Gasteiger partial charge in [-0.15, -0.1) is 5.10 Å². The highest BCUT2D eigenvalue weighted by molar-refractivity contribution is 9.10. The molecule has 100 valence electrons. The number of ether oxygens (including phenoxy) is 1. The first-order chi connectivity index (χ1) is 9.65. The van der Waals surface area contributed by atoms with Crippen molar-refractivity contribution in [3.8, 4) is 11.6 Å². The summed E-state index contributed by atoms with van der Waals surface area (Å²) in [5.74, 6) is 0.996. The smallest absolute Gasteiger partial charge is 0.246 e. The zero-order valence-corrected chi connectivity index (χ0v) is 12.9. The molecule has 0 radical (unpaired) electrons. The summed E-state index contributed by atoms with van der Waals surface area (Å²) >= 11 is 9.53. The number of hydrogen-bond donors (Lipinski definition) is 0. The third-order valence-corrected chi connectivity index (χ3v) is 3.74. The number of rotatable bonds is 2. The highest BCUT2D eigenvalue weighted by Gasteiger charge is 2.10. The number of nitrogens with zero attached hydrogens (tertiary/aromatic N) is 2. The fourth-order valence-electron chi connectivity index (χ4n) is 1.95. The largest absolute Gasteiger partial charge is 0.435 e. The van der Waals surface area contributed by atoms with Crippen LogP contribution in [0.15, 0.2) is 46.9 Å².